The molecule has 0 fully saturated rings. The number of methoxy groups -OCH3 is 2. The first-order valence-electron chi connectivity index (χ1n) is 8.01. The number of hydrogen-bond acceptors (Lipinski definition) is 4. The van der Waals surface area contributed by atoms with Gasteiger partial charge in [0.25, 0.3) is 10.0 Å². The number of fused-ring (bicyclic) bond motifs is 1. The van der Waals surface area contributed by atoms with Crippen LogP contribution in [0.25, 0.3) is 0 Å². The van der Waals surface area contributed by atoms with E-state index in [0.717, 1.165) is 31.2 Å². The molecule has 2 aromatic rings. The summed E-state index contributed by atoms with van der Waals surface area (Å²) in [7, 11) is -0.804. The zero-order chi connectivity index (χ0) is 18.0. The first kappa shape index (κ1) is 17.9. The van der Waals surface area contributed by atoms with Crippen LogP contribution < -0.4 is 14.2 Å². The highest BCUT2D eigenvalue weighted by atomic mass is 35.5. The molecule has 1 N–H and O–H groups in total. The van der Waals surface area contributed by atoms with Crippen molar-refractivity contribution in [2.24, 2.45) is 0 Å². The summed E-state index contributed by atoms with van der Waals surface area (Å²) in [6.45, 7) is 0. The van der Waals surface area contributed by atoms with Crippen molar-refractivity contribution < 1.29 is 17.9 Å². The van der Waals surface area contributed by atoms with Crippen LogP contribution in [0.1, 0.15) is 24.0 Å². The molecular formula is C18H20ClNO4S. The van der Waals surface area contributed by atoms with Crippen molar-refractivity contribution in [3.63, 3.8) is 0 Å². The standard InChI is InChI=1S/C18H20ClNO4S/c1-23-17-11-18(24-2)16(10-15(17)19)20-25(21,22)14-8-7-12-5-3-4-6-13(12)9-14/h7-11,20H,3-6H2,1-2H3. The number of sulfonamides is 1. The van der Waals surface area contributed by atoms with E-state index in [0.29, 0.717) is 16.5 Å². The van der Waals surface area contributed by atoms with Gasteiger partial charge in [-0.1, -0.05) is 17.7 Å². The van der Waals surface area contributed by atoms with Crippen LogP contribution >= 0.6 is 11.6 Å². The largest absolute Gasteiger partial charge is 0.495 e. The Hall–Kier alpha value is -1.92. The van der Waals surface area contributed by atoms with Gasteiger partial charge >= 0.3 is 0 Å². The third-order valence-corrected chi connectivity index (χ3v) is 6.01. The van der Waals surface area contributed by atoms with Crippen molar-refractivity contribution in [1.82, 2.24) is 0 Å². The fourth-order valence-electron chi connectivity index (χ4n) is 3.02. The van der Waals surface area contributed by atoms with Crippen molar-refractivity contribution >= 4 is 27.3 Å². The molecule has 0 radical (unpaired) electrons. The first-order chi connectivity index (χ1) is 11.9. The highest BCUT2D eigenvalue weighted by Gasteiger charge is 2.20. The molecule has 0 aromatic heterocycles. The molecule has 1 aliphatic carbocycles. The lowest BCUT2D eigenvalue weighted by molar-refractivity contribution is 0.396. The number of nitrogens with one attached hydrogen (secondary N) is 1. The van der Waals surface area contributed by atoms with Gasteiger partial charge in [-0.2, -0.15) is 0 Å². The zero-order valence-corrected chi connectivity index (χ0v) is 15.7. The molecule has 2 aromatic carbocycles. The lowest BCUT2D eigenvalue weighted by atomic mass is 9.92. The second-order valence-electron chi connectivity index (χ2n) is 5.93. The molecule has 0 atom stereocenters. The molecule has 5 nitrogen and oxygen atoms in total. The maximum atomic E-state index is 12.8. The second kappa shape index (κ2) is 7.14. The summed E-state index contributed by atoms with van der Waals surface area (Å²) < 4.78 is 38.5. The number of rotatable bonds is 5. The van der Waals surface area contributed by atoms with Gasteiger partial charge in [-0.05, 0) is 55.0 Å². The Bertz CT molecular complexity index is 896. The number of ether oxygens (including phenoxy) is 2. The lowest BCUT2D eigenvalue weighted by Crippen LogP contribution is -2.15. The monoisotopic (exact) mass is 381 g/mol. The second-order valence-corrected chi connectivity index (χ2v) is 8.02. The normalized spacial score (nSPS) is 13.9. The quantitative estimate of drug-likeness (QED) is 0.848. The van der Waals surface area contributed by atoms with Gasteiger partial charge in [0, 0.05) is 6.07 Å². The molecular weight excluding hydrogens is 362 g/mol. The molecule has 0 saturated heterocycles. The van der Waals surface area contributed by atoms with Crippen LogP contribution in [0.3, 0.4) is 0 Å². The van der Waals surface area contributed by atoms with Crippen LogP contribution in [0.15, 0.2) is 35.2 Å². The Morgan fingerprint density at radius 2 is 1.64 bits per heavy atom. The summed E-state index contributed by atoms with van der Waals surface area (Å²) in [6, 6.07) is 8.34. The number of aryl methyl sites for hydroxylation is 2. The van der Waals surface area contributed by atoms with Crippen LogP contribution in [0.5, 0.6) is 11.5 Å². The molecule has 0 amide bonds. The van der Waals surface area contributed by atoms with Crippen molar-refractivity contribution in [2.75, 3.05) is 18.9 Å². The minimum Gasteiger partial charge on any atom is -0.495 e. The van der Waals surface area contributed by atoms with E-state index in [9.17, 15) is 8.42 Å². The predicted molar refractivity (Wildman–Crippen MR) is 98.4 cm³/mol. The van der Waals surface area contributed by atoms with Gasteiger partial charge in [-0.15, -0.1) is 0 Å². The number of benzene rings is 2. The number of halogens is 1. The maximum absolute atomic E-state index is 12.8. The Morgan fingerprint density at radius 3 is 2.32 bits per heavy atom. The van der Waals surface area contributed by atoms with Gasteiger partial charge in [-0.3, -0.25) is 4.72 Å². The Morgan fingerprint density at radius 1 is 0.960 bits per heavy atom. The smallest absolute Gasteiger partial charge is 0.262 e. The van der Waals surface area contributed by atoms with Gasteiger partial charge in [0.1, 0.15) is 11.5 Å². The van der Waals surface area contributed by atoms with Crippen molar-refractivity contribution in [2.45, 2.75) is 30.6 Å². The minimum absolute atomic E-state index is 0.238. The van der Waals surface area contributed by atoms with Crippen LogP contribution in [-0.2, 0) is 22.9 Å². The summed E-state index contributed by atoms with van der Waals surface area (Å²) in [5.74, 6) is 0.748. The van der Waals surface area contributed by atoms with Crippen LogP contribution in [-0.4, -0.2) is 22.6 Å². The highest BCUT2D eigenvalue weighted by Crippen LogP contribution is 2.37. The van der Waals surface area contributed by atoms with Gasteiger partial charge < -0.3 is 9.47 Å². The van der Waals surface area contributed by atoms with E-state index < -0.39 is 10.0 Å². The molecule has 0 bridgehead atoms. The van der Waals surface area contributed by atoms with Crippen molar-refractivity contribution in [1.29, 1.82) is 0 Å². The topological polar surface area (TPSA) is 64.6 Å². The summed E-state index contributed by atoms with van der Waals surface area (Å²) in [5, 5.41) is 0.298. The van der Waals surface area contributed by atoms with Gasteiger partial charge in [0.05, 0.1) is 29.8 Å². The van der Waals surface area contributed by atoms with Crippen LogP contribution in [0, 0.1) is 0 Å². The van der Waals surface area contributed by atoms with Crippen molar-refractivity contribution in [3.8, 4) is 11.5 Å². The Balaban J connectivity index is 1.95. The summed E-state index contributed by atoms with van der Waals surface area (Å²) in [5.41, 5.74) is 2.61. The lowest BCUT2D eigenvalue weighted by Gasteiger charge is -2.18. The molecule has 1 aliphatic rings. The van der Waals surface area contributed by atoms with Crippen molar-refractivity contribution in [3.05, 3.63) is 46.5 Å². The molecule has 3 rings (SSSR count). The molecule has 0 unspecified atom stereocenters. The molecule has 7 heteroatoms. The third-order valence-electron chi connectivity index (χ3n) is 4.35. The average Bonchev–Trinajstić information content (AvgIpc) is 2.61. The molecule has 0 heterocycles. The molecule has 25 heavy (non-hydrogen) atoms. The Kier molecular flexibility index (Phi) is 5.11. The van der Waals surface area contributed by atoms with E-state index in [4.69, 9.17) is 21.1 Å². The van der Waals surface area contributed by atoms with E-state index in [1.165, 1.54) is 25.8 Å². The van der Waals surface area contributed by atoms with Gasteiger partial charge in [0.15, 0.2) is 0 Å². The highest BCUT2D eigenvalue weighted by molar-refractivity contribution is 7.92. The fraction of sp³-hybridized carbons (Fsp3) is 0.333. The third kappa shape index (κ3) is 3.70. The number of anilines is 1. The zero-order valence-electron chi connectivity index (χ0n) is 14.1. The summed E-state index contributed by atoms with van der Waals surface area (Å²) in [4.78, 5) is 0.238. The average molecular weight is 382 g/mol. The number of hydrogen-bond donors (Lipinski definition) is 1. The van der Waals surface area contributed by atoms with E-state index in [1.807, 2.05) is 6.07 Å². The van der Waals surface area contributed by atoms with Crippen LogP contribution in [0.4, 0.5) is 5.69 Å². The van der Waals surface area contributed by atoms with Gasteiger partial charge in [0.2, 0.25) is 0 Å². The first-order valence-corrected chi connectivity index (χ1v) is 9.87. The summed E-state index contributed by atoms with van der Waals surface area (Å²) >= 11 is 6.11. The van der Waals surface area contributed by atoms with Gasteiger partial charge in [-0.25, -0.2) is 8.42 Å². The van der Waals surface area contributed by atoms with Crippen LogP contribution in [0.2, 0.25) is 5.02 Å². The SMILES string of the molecule is COc1cc(OC)c(NS(=O)(=O)c2ccc3c(c2)CCCC3)cc1Cl. The maximum Gasteiger partial charge on any atom is 0.262 e. The van der Waals surface area contributed by atoms with E-state index in [1.54, 1.807) is 18.2 Å². The summed E-state index contributed by atoms with van der Waals surface area (Å²) in [6.07, 6.45) is 4.16. The predicted octanol–water partition coefficient (Wildman–Crippen LogP) is 4.04. The van der Waals surface area contributed by atoms with E-state index in [-0.39, 0.29) is 10.6 Å². The molecule has 0 spiro atoms. The molecule has 134 valence electrons. The Labute approximate surface area is 153 Å². The van der Waals surface area contributed by atoms with E-state index >= 15 is 0 Å². The molecule has 0 aliphatic heterocycles. The minimum atomic E-state index is -3.75. The fourth-order valence-corrected chi connectivity index (χ4v) is 4.37. The molecule has 0 saturated carbocycles. The van der Waals surface area contributed by atoms with E-state index in [2.05, 4.69) is 4.72 Å².